The van der Waals surface area contributed by atoms with Crippen molar-refractivity contribution in [2.24, 2.45) is 0 Å². The van der Waals surface area contributed by atoms with Gasteiger partial charge in [-0.3, -0.25) is 4.79 Å². The Hall–Kier alpha value is -2.49. The fraction of sp³-hybridized carbons (Fsp3) is 0.350. The maximum atomic E-state index is 12.5. The number of rotatable bonds is 8. The molecule has 0 saturated heterocycles. The second kappa shape index (κ2) is 8.96. The molecule has 0 aromatic heterocycles. The van der Waals surface area contributed by atoms with Crippen LogP contribution in [0, 0.1) is 0 Å². The predicted molar refractivity (Wildman–Crippen MR) is 99.2 cm³/mol. The van der Waals surface area contributed by atoms with Gasteiger partial charge in [-0.1, -0.05) is 38.5 Å². The monoisotopic (exact) mass is 326 g/mol. The van der Waals surface area contributed by atoms with E-state index >= 15 is 0 Å². The fourth-order valence-electron chi connectivity index (χ4n) is 2.64. The molecule has 0 aliphatic rings. The summed E-state index contributed by atoms with van der Waals surface area (Å²) in [6.45, 7) is 4.23. The van der Waals surface area contributed by atoms with E-state index in [1.807, 2.05) is 48.5 Å². The molecule has 0 aliphatic heterocycles. The van der Waals surface area contributed by atoms with E-state index in [2.05, 4.69) is 24.5 Å². The molecule has 0 heterocycles. The number of benzene rings is 2. The standard InChI is InChI=1S/C20H26N2O2/c1-4-9-16(5-2)22-20(23)15-10-8-11-17(14-15)21-18-12-6-7-13-19(18)24-3/h6-8,10-14,16,21H,4-5,9H2,1-3H3,(H,22,23). The van der Waals surface area contributed by atoms with Crippen LogP contribution >= 0.6 is 0 Å². The molecule has 2 aromatic carbocycles. The summed E-state index contributed by atoms with van der Waals surface area (Å²) in [7, 11) is 1.64. The van der Waals surface area contributed by atoms with Crippen molar-refractivity contribution >= 4 is 17.3 Å². The van der Waals surface area contributed by atoms with Crippen molar-refractivity contribution in [1.82, 2.24) is 5.32 Å². The zero-order valence-corrected chi connectivity index (χ0v) is 14.6. The topological polar surface area (TPSA) is 50.4 Å². The summed E-state index contributed by atoms with van der Waals surface area (Å²) in [6, 6.07) is 15.5. The minimum atomic E-state index is -0.0287. The lowest BCUT2D eigenvalue weighted by Gasteiger charge is -2.16. The van der Waals surface area contributed by atoms with E-state index in [0.29, 0.717) is 5.56 Å². The van der Waals surface area contributed by atoms with E-state index in [4.69, 9.17) is 4.74 Å². The molecule has 4 nitrogen and oxygen atoms in total. The van der Waals surface area contributed by atoms with Crippen LogP contribution in [0.1, 0.15) is 43.5 Å². The summed E-state index contributed by atoms with van der Waals surface area (Å²) >= 11 is 0. The molecule has 2 rings (SSSR count). The number of amides is 1. The number of hydrogen-bond donors (Lipinski definition) is 2. The molecular weight excluding hydrogens is 300 g/mol. The van der Waals surface area contributed by atoms with Gasteiger partial charge in [-0.05, 0) is 43.2 Å². The minimum Gasteiger partial charge on any atom is -0.495 e. The van der Waals surface area contributed by atoms with Crippen LogP contribution in [0.2, 0.25) is 0 Å². The van der Waals surface area contributed by atoms with Crippen LogP contribution in [0.3, 0.4) is 0 Å². The summed E-state index contributed by atoms with van der Waals surface area (Å²) in [5, 5.41) is 6.41. The van der Waals surface area contributed by atoms with E-state index in [-0.39, 0.29) is 11.9 Å². The number of para-hydroxylation sites is 2. The molecule has 4 heteroatoms. The number of carbonyl (C=O) groups is 1. The Balaban J connectivity index is 2.12. The van der Waals surface area contributed by atoms with Crippen LogP contribution in [0.25, 0.3) is 0 Å². The van der Waals surface area contributed by atoms with Crippen LogP contribution in [0.15, 0.2) is 48.5 Å². The third kappa shape index (κ3) is 4.75. The zero-order valence-electron chi connectivity index (χ0n) is 14.6. The summed E-state index contributed by atoms with van der Waals surface area (Å²) in [5.41, 5.74) is 2.38. The molecule has 0 radical (unpaired) electrons. The maximum absolute atomic E-state index is 12.5. The molecule has 0 aliphatic carbocycles. The first kappa shape index (κ1) is 17.9. The lowest BCUT2D eigenvalue weighted by atomic mass is 10.1. The van der Waals surface area contributed by atoms with E-state index in [1.54, 1.807) is 7.11 Å². The number of anilines is 2. The molecule has 1 atom stereocenters. The van der Waals surface area contributed by atoms with Gasteiger partial charge in [0, 0.05) is 17.3 Å². The van der Waals surface area contributed by atoms with Crippen molar-refractivity contribution in [2.75, 3.05) is 12.4 Å². The Morgan fingerprint density at radius 2 is 1.92 bits per heavy atom. The summed E-state index contributed by atoms with van der Waals surface area (Å²) < 4.78 is 5.35. The lowest BCUT2D eigenvalue weighted by Crippen LogP contribution is -2.34. The van der Waals surface area contributed by atoms with E-state index in [0.717, 1.165) is 36.4 Å². The third-order valence-corrected chi connectivity index (χ3v) is 3.98. The number of nitrogens with one attached hydrogen (secondary N) is 2. The number of carbonyl (C=O) groups excluding carboxylic acids is 1. The maximum Gasteiger partial charge on any atom is 0.251 e. The zero-order chi connectivity index (χ0) is 17.4. The Morgan fingerprint density at radius 3 is 2.62 bits per heavy atom. The predicted octanol–water partition coefficient (Wildman–Crippen LogP) is 4.75. The highest BCUT2D eigenvalue weighted by molar-refractivity contribution is 5.95. The van der Waals surface area contributed by atoms with Crippen LogP contribution in [-0.2, 0) is 0 Å². The van der Waals surface area contributed by atoms with Gasteiger partial charge >= 0.3 is 0 Å². The first-order valence-electron chi connectivity index (χ1n) is 8.48. The third-order valence-electron chi connectivity index (χ3n) is 3.98. The molecule has 0 saturated carbocycles. The van der Waals surface area contributed by atoms with E-state index in [9.17, 15) is 4.79 Å². The molecule has 1 amide bonds. The summed E-state index contributed by atoms with van der Waals surface area (Å²) in [5.74, 6) is 0.736. The van der Waals surface area contributed by atoms with Gasteiger partial charge in [0.25, 0.3) is 5.91 Å². The van der Waals surface area contributed by atoms with Crippen LogP contribution in [0.5, 0.6) is 5.75 Å². The second-order valence-electron chi connectivity index (χ2n) is 5.77. The highest BCUT2D eigenvalue weighted by atomic mass is 16.5. The number of methoxy groups -OCH3 is 1. The van der Waals surface area contributed by atoms with Crippen molar-refractivity contribution in [3.63, 3.8) is 0 Å². The summed E-state index contributed by atoms with van der Waals surface area (Å²) in [4.78, 5) is 12.5. The van der Waals surface area contributed by atoms with Gasteiger partial charge in [-0.25, -0.2) is 0 Å². The van der Waals surface area contributed by atoms with Crippen LogP contribution < -0.4 is 15.4 Å². The second-order valence-corrected chi connectivity index (χ2v) is 5.77. The SMILES string of the molecule is CCCC(CC)NC(=O)c1cccc(Nc2ccccc2OC)c1. The summed E-state index contributed by atoms with van der Waals surface area (Å²) in [6.07, 6.45) is 3.01. The van der Waals surface area contributed by atoms with Crippen LogP contribution in [-0.4, -0.2) is 19.1 Å². The van der Waals surface area contributed by atoms with Crippen molar-refractivity contribution in [3.05, 3.63) is 54.1 Å². The molecule has 128 valence electrons. The Kier molecular flexibility index (Phi) is 6.67. The quantitative estimate of drug-likeness (QED) is 0.736. The van der Waals surface area contributed by atoms with Gasteiger partial charge in [0.1, 0.15) is 5.75 Å². The van der Waals surface area contributed by atoms with Crippen molar-refractivity contribution < 1.29 is 9.53 Å². The minimum absolute atomic E-state index is 0.0287. The van der Waals surface area contributed by atoms with Gasteiger partial charge in [-0.15, -0.1) is 0 Å². The highest BCUT2D eigenvalue weighted by Crippen LogP contribution is 2.27. The highest BCUT2D eigenvalue weighted by Gasteiger charge is 2.12. The molecule has 2 N–H and O–H groups in total. The molecular formula is C20H26N2O2. The Morgan fingerprint density at radius 1 is 1.12 bits per heavy atom. The fourth-order valence-corrected chi connectivity index (χ4v) is 2.64. The van der Waals surface area contributed by atoms with Crippen molar-refractivity contribution in [2.45, 2.75) is 39.2 Å². The largest absolute Gasteiger partial charge is 0.495 e. The van der Waals surface area contributed by atoms with E-state index in [1.165, 1.54) is 0 Å². The Bertz CT molecular complexity index is 670. The molecule has 0 fully saturated rings. The molecule has 24 heavy (non-hydrogen) atoms. The molecule has 1 unspecified atom stereocenters. The van der Waals surface area contributed by atoms with Crippen molar-refractivity contribution in [1.29, 1.82) is 0 Å². The molecule has 0 bridgehead atoms. The van der Waals surface area contributed by atoms with Gasteiger partial charge in [0.15, 0.2) is 0 Å². The van der Waals surface area contributed by atoms with Crippen LogP contribution in [0.4, 0.5) is 11.4 Å². The average molecular weight is 326 g/mol. The van der Waals surface area contributed by atoms with Gasteiger partial charge in [0.05, 0.1) is 12.8 Å². The van der Waals surface area contributed by atoms with Crippen molar-refractivity contribution in [3.8, 4) is 5.75 Å². The first-order chi connectivity index (χ1) is 11.7. The average Bonchev–Trinajstić information content (AvgIpc) is 2.62. The smallest absolute Gasteiger partial charge is 0.251 e. The first-order valence-corrected chi connectivity index (χ1v) is 8.48. The number of ether oxygens (including phenoxy) is 1. The number of hydrogen-bond acceptors (Lipinski definition) is 3. The lowest BCUT2D eigenvalue weighted by molar-refractivity contribution is 0.0934. The van der Waals surface area contributed by atoms with Gasteiger partial charge < -0.3 is 15.4 Å². The molecule has 2 aromatic rings. The molecule has 0 spiro atoms. The van der Waals surface area contributed by atoms with Gasteiger partial charge in [0.2, 0.25) is 0 Å². The Labute approximate surface area is 144 Å². The van der Waals surface area contributed by atoms with E-state index < -0.39 is 0 Å². The normalized spacial score (nSPS) is 11.6. The van der Waals surface area contributed by atoms with Gasteiger partial charge in [-0.2, -0.15) is 0 Å².